The van der Waals surface area contributed by atoms with Crippen molar-refractivity contribution >= 4 is 6.09 Å². The van der Waals surface area contributed by atoms with Gasteiger partial charge in [0.15, 0.2) is 0 Å². The highest BCUT2D eigenvalue weighted by molar-refractivity contribution is 5.64. The fourth-order valence-corrected chi connectivity index (χ4v) is 1.27. The normalized spacial score (nSPS) is 25.6. The van der Waals surface area contributed by atoms with E-state index in [0.29, 0.717) is 0 Å². The summed E-state index contributed by atoms with van der Waals surface area (Å²) in [5.74, 6) is 0. The SMILES string of the molecule is NC(=O)OC1CCCNCC1. The molecule has 0 aromatic heterocycles. The summed E-state index contributed by atoms with van der Waals surface area (Å²) in [7, 11) is 0. The topological polar surface area (TPSA) is 64.4 Å². The van der Waals surface area contributed by atoms with Crippen LogP contribution in [0.1, 0.15) is 19.3 Å². The summed E-state index contributed by atoms with van der Waals surface area (Å²) in [6, 6.07) is 0. The maximum absolute atomic E-state index is 10.4. The Morgan fingerprint density at radius 1 is 1.45 bits per heavy atom. The zero-order valence-electron chi connectivity index (χ0n) is 6.51. The lowest BCUT2D eigenvalue weighted by atomic mass is 10.2. The molecule has 64 valence electrons. The van der Waals surface area contributed by atoms with Gasteiger partial charge in [0.05, 0.1) is 0 Å². The van der Waals surface area contributed by atoms with Crippen LogP contribution in [0.25, 0.3) is 0 Å². The van der Waals surface area contributed by atoms with Crippen molar-refractivity contribution in [2.75, 3.05) is 13.1 Å². The van der Waals surface area contributed by atoms with Gasteiger partial charge >= 0.3 is 6.09 Å². The van der Waals surface area contributed by atoms with Gasteiger partial charge in [0.25, 0.3) is 0 Å². The number of primary amides is 1. The zero-order valence-corrected chi connectivity index (χ0v) is 6.51. The Hall–Kier alpha value is -0.770. The largest absolute Gasteiger partial charge is 0.446 e. The Labute approximate surface area is 66.1 Å². The van der Waals surface area contributed by atoms with Crippen LogP contribution in [-0.4, -0.2) is 25.3 Å². The summed E-state index contributed by atoms with van der Waals surface area (Å²) in [6.07, 6.45) is 2.23. The fourth-order valence-electron chi connectivity index (χ4n) is 1.27. The zero-order chi connectivity index (χ0) is 8.10. The molecule has 1 fully saturated rings. The van der Waals surface area contributed by atoms with Gasteiger partial charge in [-0.2, -0.15) is 0 Å². The first kappa shape index (κ1) is 8.33. The summed E-state index contributed by atoms with van der Waals surface area (Å²) in [5, 5.41) is 3.22. The molecule has 0 spiro atoms. The molecule has 0 bridgehead atoms. The number of carbonyl (C=O) groups excluding carboxylic acids is 1. The Kier molecular flexibility index (Phi) is 3.16. The highest BCUT2D eigenvalue weighted by Crippen LogP contribution is 2.08. The predicted molar refractivity (Wildman–Crippen MR) is 41.2 cm³/mol. The van der Waals surface area contributed by atoms with Gasteiger partial charge in [-0.3, -0.25) is 0 Å². The molecule has 4 heteroatoms. The van der Waals surface area contributed by atoms with Crippen LogP contribution in [0.2, 0.25) is 0 Å². The highest BCUT2D eigenvalue weighted by atomic mass is 16.6. The predicted octanol–water partition coefficient (Wildman–Crippen LogP) is 0.224. The van der Waals surface area contributed by atoms with E-state index in [0.717, 1.165) is 32.4 Å². The van der Waals surface area contributed by atoms with Crippen molar-refractivity contribution in [2.24, 2.45) is 5.73 Å². The van der Waals surface area contributed by atoms with Gasteiger partial charge in [-0.15, -0.1) is 0 Å². The summed E-state index contributed by atoms with van der Waals surface area (Å²) in [6.45, 7) is 1.93. The van der Waals surface area contributed by atoms with Crippen molar-refractivity contribution in [3.63, 3.8) is 0 Å². The van der Waals surface area contributed by atoms with Crippen molar-refractivity contribution in [2.45, 2.75) is 25.4 Å². The van der Waals surface area contributed by atoms with E-state index in [1.54, 1.807) is 0 Å². The number of carbonyl (C=O) groups is 1. The molecule has 0 aromatic rings. The number of hydrogen-bond acceptors (Lipinski definition) is 3. The minimum absolute atomic E-state index is 0.0301. The number of nitrogens with two attached hydrogens (primary N) is 1. The molecule has 1 amide bonds. The highest BCUT2D eigenvalue weighted by Gasteiger charge is 2.13. The molecule has 0 aliphatic carbocycles. The summed E-state index contributed by atoms with van der Waals surface area (Å²) in [5.41, 5.74) is 4.89. The van der Waals surface area contributed by atoms with E-state index >= 15 is 0 Å². The molecule has 1 unspecified atom stereocenters. The Morgan fingerprint density at radius 2 is 2.27 bits per heavy atom. The quantitative estimate of drug-likeness (QED) is 0.574. The average Bonchev–Trinajstić information content (AvgIpc) is 2.14. The first-order valence-corrected chi connectivity index (χ1v) is 3.96. The number of ether oxygens (including phenoxy) is 1. The van der Waals surface area contributed by atoms with Crippen molar-refractivity contribution in [3.8, 4) is 0 Å². The summed E-state index contributed by atoms with van der Waals surface area (Å²) in [4.78, 5) is 10.4. The van der Waals surface area contributed by atoms with Gasteiger partial charge in [0, 0.05) is 0 Å². The van der Waals surface area contributed by atoms with Crippen LogP contribution in [-0.2, 0) is 4.74 Å². The van der Waals surface area contributed by atoms with Crippen molar-refractivity contribution < 1.29 is 9.53 Å². The Balaban J connectivity index is 2.25. The average molecular weight is 158 g/mol. The Bertz CT molecular complexity index is 130. The molecule has 4 nitrogen and oxygen atoms in total. The smallest absolute Gasteiger partial charge is 0.404 e. The van der Waals surface area contributed by atoms with E-state index in [9.17, 15) is 4.79 Å². The second kappa shape index (κ2) is 4.18. The van der Waals surface area contributed by atoms with Crippen LogP contribution in [0.4, 0.5) is 4.79 Å². The van der Waals surface area contributed by atoms with Crippen molar-refractivity contribution in [1.29, 1.82) is 0 Å². The minimum Gasteiger partial charge on any atom is -0.446 e. The molecule has 3 N–H and O–H groups in total. The number of hydrogen-bond donors (Lipinski definition) is 2. The van der Waals surface area contributed by atoms with Crippen molar-refractivity contribution in [3.05, 3.63) is 0 Å². The first-order valence-electron chi connectivity index (χ1n) is 3.96. The van der Waals surface area contributed by atoms with Gasteiger partial charge in [0.2, 0.25) is 0 Å². The molecule has 11 heavy (non-hydrogen) atoms. The maximum Gasteiger partial charge on any atom is 0.404 e. The number of amides is 1. The lowest BCUT2D eigenvalue weighted by Crippen LogP contribution is -2.23. The standard InChI is InChI=1S/C7H14N2O2/c8-7(10)11-6-2-1-4-9-5-3-6/h6,9H,1-5H2,(H2,8,10). The van der Waals surface area contributed by atoms with Crippen LogP contribution in [0.15, 0.2) is 0 Å². The molecule has 1 atom stereocenters. The second-order valence-electron chi connectivity index (χ2n) is 2.74. The third-order valence-electron chi connectivity index (χ3n) is 1.81. The van der Waals surface area contributed by atoms with Gasteiger partial charge in [-0.1, -0.05) is 0 Å². The monoisotopic (exact) mass is 158 g/mol. The molecule has 0 aromatic carbocycles. The maximum atomic E-state index is 10.4. The molecular weight excluding hydrogens is 144 g/mol. The van der Waals surface area contributed by atoms with Crippen LogP contribution in [0.3, 0.4) is 0 Å². The Morgan fingerprint density at radius 3 is 3.00 bits per heavy atom. The van der Waals surface area contributed by atoms with Gasteiger partial charge in [0.1, 0.15) is 6.10 Å². The second-order valence-corrected chi connectivity index (χ2v) is 2.74. The fraction of sp³-hybridized carbons (Fsp3) is 0.857. The third-order valence-corrected chi connectivity index (χ3v) is 1.81. The van der Waals surface area contributed by atoms with Crippen LogP contribution in [0, 0.1) is 0 Å². The van der Waals surface area contributed by atoms with E-state index < -0.39 is 6.09 Å². The van der Waals surface area contributed by atoms with Gasteiger partial charge < -0.3 is 15.8 Å². The van der Waals surface area contributed by atoms with E-state index in [1.807, 2.05) is 0 Å². The van der Waals surface area contributed by atoms with E-state index in [-0.39, 0.29) is 6.10 Å². The lowest BCUT2D eigenvalue weighted by Gasteiger charge is -2.12. The molecular formula is C7H14N2O2. The molecule has 1 aliphatic rings. The van der Waals surface area contributed by atoms with E-state index in [1.165, 1.54) is 0 Å². The van der Waals surface area contributed by atoms with Gasteiger partial charge in [-0.25, -0.2) is 4.79 Å². The molecule has 1 rings (SSSR count). The van der Waals surface area contributed by atoms with E-state index in [4.69, 9.17) is 10.5 Å². The lowest BCUT2D eigenvalue weighted by molar-refractivity contribution is 0.0991. The summed E-state index contributed by atoms with van der Waals surface area (Å²) < 4.78 is 4.87. The van der Waals surface area contributed by atoms with Gasteiger partial charge in [-0.05, 0) is 32.4 Å². The van der Waals surface area contributed by atoms with Crippen LogP contribution >= 0.6 is 0 Å². The summed E-state index contributed by atoms with van der Waals surface area (Å²) >= 11 is 0. The molecule has 1 saturated heterocycles. The van der Waals surface area contributed by atoms with Crippen LogP contribution in [0.5, 0.6) is 0 Å². The molecule has 0 saturated carbocycles. The third kappa shape index (κ3) is 3.23. The van der Waals surface area contributed by atoms with E-state index in [2.05, 4.69) is 5.32 Å². The first-order chi connectivity index (χ1) is 5.29. The van der Waals surface area contributed by atoms with Crippen molar-refractivity contribution in [1.82, 2.24) is 5.32 Å². The molecule has 1 aliphatic heterocycles. The number of rotatable bonds is 1. The van der Waals surface area contributed by atoms with Crippen LogP contribution < -0.4 is 11.1 Å². The minimum atomic E-state index is -0.656. The number of nitrogens with one attached hydrogen (secondary N) is 1. The molecule has 1 heterocycles. The molecule has 0 radical (unpaired) electrons.